The van der Waals surface area contributed by atoms with Crippen molar-refractivity contribution in [2.75, 3.05) is 19.5 Å². The van der Waals surface area contributed by atoms with Crippen LogP contribution in [0.1, 0.15) is 12.6 Å². The summed E-state index contributed by atoms with van der Waals surface area (Å²) in [6.07, 6.45) is -2.56. The number of aliphatic hydroxyl groups is 2. The molecular formula is C12H17N5O6. The second kappa shape index (κ2) is 5.77. The Morgan fingerprint density at radius 1 is 1.52 bits per heavy atom. The third-order valence-corrected chi connectivity index (χ3v) is 3.71. The maximum Gasteiger partial charge on any atom is 0.334 e. The van der Waals surface area contributed by atoms with Gasteiger partial charge < -0.3 is 25.4 Å². The molecule has 2 aromatic heterocycles. The average molecular weight is 327 g/mol. The number of methoxy groups -OCH3 is 1. The first kappa shape index (κ1) is 15.7. The second-order valence-electron chi connectivity index (χ2n) is 5.26. The molecule has 0 saturated carbocycles. The normalized spacial score (nSPS) is 24.6. The number of anilines is 1. The van der Waals surface area contributed by atoms with Gasteiger partial charge in [-0.05, 0) is 0 Å². The number of nitrogens with two attached hydrogens (primary N) is 1. The first-order chi connectivity index (χ1) is 11.0. The molecule has 126 valence electrons. The van der Waals surface area contributed by atoms with Gasteiger partial charge in [-0.3, -0.25) is 14.3 Å². The van der Waals surface area contributed by atoms with Crippen LogP contribution in [-0.2, 0) is 16.2 Å². The molecule has 0 amide bonds. The van der Waals surface area contributed by atoms with E-state index in [1.54, 1.807) is 0 Å². The molecule has 1 aliphatic heterocycles. The van der Waals surface area contributed by atoms with E-state index >= 15 is 0 Å². The first-order valence-electron chi connectivity index (χ1n) is 6.91. The number of ether oxygens (including phenoxy) is 2. The quantitative estimate of drug-likeness (QED) is 0.488. The number of hydrogen-bond acceptors (Lipinski definition) is 8. The number of nitrogen functional groups attached to an aromatic ring is 1. The summed E-state index contributed by atoms with van der Waals surface area (Å²) in [7, 11) is 1.37. The van der Waals surface area contributed by atoms with Gasteiger partial charge in [-0.1, -0.05) is 0 Å². The Hall–Kier alpha value is -2.21. The second-order valence-corrected chi connectivity index (χ2v) is 5.26. The number of aliphatic hydroxyl groups excluding tert-OH is 2. The lowest BCUT2D eigenvalue weighted by Crippen LogP contribution is -2.32. The van der Waals surface area contributed by atoms with Gasteiger partial charge in [0.05, 0.1) is 12.7 Å². The highest BCUT2D eigenvalue weighted by Gasteiger charge is 2.38. The Bertz CT molecular complexity index is 839. The van der Waals surface area contributed by atoms with Crippen molar-refractivity contribution in [2.24, 2.45) is 0 Å². The van der Waals surface area contributed by atoms with Crippen LogP contribution in [0.15, 0.2) is 9.59 Å². The number of aromatic nitrogens is 4. The van der Waals surface area contributed by atoms with Gasteiger partial charge >= 0.3 is 5.69 Å². The van der Waals surface area contributed by atoms with Crippen molar-refractivity contribution in [2.45, 2.75) is 31.6 Å². The zero-order valence-electron chi connectivity index (χ0n) is 12.3. The number of H-pyrrole nitrogens is 1. The standard InChI is InChI=1S/C12H17N5O6/c1-22-4-16-7-8(14-11(13)15-9(7)20)17(12(16)21)10-6(19)2-5(3-18)23-10/h5-6,10,18-19H,2-4H2,1H3,(H3,13,14,15,20). The highest BCUT2D eigenvalue weighted by molar-refractivity contribution is 5.71. The monoisotopic (exact) mass is 327 g/mol. The molecule has 3 atom stereocenters. The Kier molecular flexibility index (Phi) is 3.93. The summed E-state index contributed by atoms with van der Waals surface area (Å²) in [4.78, 5) is 31.1. The topological polar surface area (TPSA) is 158 Å². The van der Waals surface area contributed by atoms with E-state index in [4.69, 9.17) is 20.3 Å². The smallest absolute Gasteiger partial charge is 0.334 e. The van der Waals surface area contributed by atoms with Gasteiger partial charge in [-0.2, -0.15) is 4.98 Å². The highest BCUT2D eigenvalue weighted by Crippen LogP contribution is 2.29. The molecule has 11 heteroatoms. The molecule has 0 radical (unpaired) electrons. The van der Waals surface area contributed by atoms with Crippen molar-refractivity contribution >= 4 is 17.1 Å². The van der Waals surface area contributed by atoms with Gasteiger partial charge in [0, 0.05) is 13.5 Å². The number of nitrogens with one attached hydrogen (secondary N) is 1. The molecule has 23 heavy (non-hydrogen) atoms. The maximum absolute atomic E-state index is 12.6. The number of nitrogens with zero attached hydrogens (tertiary/aromatic N) is 3. The first-order valence-corrected chi connectivity index (χ1v) is 6.91. The van der Waals surface area contributed by atoms with E-state index in [0.29, 0.717) is 0 Å². The van der Waals surface area contributed by atoms with Crippen molar-refractivity contribution in [1.29, 1.82) is 0 Å². The summed E-state index contributed by atoms with van der Waals surface area (Å²) >= 11 is 0. The fourth-order valence-electron chi connectivity index (χ4n) is 2.76. The lowest BCUT2D eigenvalue weighted by atomic mass is 10.2. The zero-order valence-corrected chi connectivity index (χ0v) is 12.3. The summed E-state index contributed by atoms with van der Waals surface area (Å²) in [6.45, 7) is -0.474. The molecule has 3 unspecified atom stereocenters. The molecule has 11 nitrogen and oxygen atoms in total. The van der Waals surface area contributed by atoms with Gasteiger partial charge in [-0.15, -0.1) is 0 Å². The van der Waals surface area contributed by atoms with Crippen LogP contribution >= 0.6 is 0 Å². The largest absolute Gasteiger partial charge is 0.394 e. The minimum atomic E-state index is -1.08. The molecule has 0 aromatic carbocycles. The molecule has 0 bridgehead atoms. The molecule has 1 aliphatic rings. The fraction of sp³-hybridized carbons (Fsp3) is 0.583. The molecule has 2 aromatic rings. The average Bonchev–Trinajstić information content (AvgIpc) is 2.98. The molecular weight excluding hydrogens is 310 g/mol. The molecule has 1 fully saturated rings. The summed E-state index contributed by atoms with van der Waals surface area (Å²) < 4.78 is 12.6. The van der Waals surface area contributed by atoms with E-state index in [1.807, 2.05) is 0 Å². The Morgan fingerprint density at radius 3 is 2.87 bits per heavy atom. The Balaban J connectivity index is 2.27. The van der Waals surface area contributed by atoms with Crippen LogP contribution in [-0.4, -0.2) is 55.2 Å². The number of aromatic amines is 1. The van der Waals surface area contributed by atoms with E-state index in [9.17, 15) is 14.7 Å². The lowest BCUT2D eigenvalue weighted by Gasteiger charge is -2.15. The van der Waals surface area contributed by atoms with Gasteiger partial charge in [0.25, 0.3) is 5.56 Å². The molecule has 0 aliphatic carbocycles. The minimum Gasteiger partial charge on any atom is -0.394 e. The fourth-order valence-corrected chi connectivity index (χ4v) is 2.76. The van der Waals surface area contributed by atoms with E-state index in [1.165, 1.54) is 7.11 Å². The van der Waals surface area contributed by atoms with Crippen LogP contribution in [0.3, 0.4) is 0 Å². The third kappa shape index (κ3) is 2.43. The van der Waals surface area contributed by atoms with Crippen LogP contribution in [0, 0.1) is 0 Å². The third-order valence-electron chi connectivity index (χ3n) is 3.71. The van der Waals surface area contributed by atoms with Crippen molar-refractivity contribution in [1.82, 2.24) is 19.1 Å². The van der Waals surface area contributed by atoms with Gasteiger partial charge in [0.1, 0.15) is 12.8 Å². The summed E-state index contributed by atoms with van der Waals surface area (Å²) in [5.41, 5.74) is 4.26. The highest BCUT2D eigenvalue weighted by atomic mass is 16.5. The Morgan fingerprint density at radius 2 is 2.26 bits per heavy atom. The van der Waals surface area contributed by atoms with E-state index in [-0.39, 0.29) is 36.9 Å². The summed E-state index contributed by atoms with van der Waals surface area (Å²) in [5, 5.41) is 19.3. The molecule has 0 spiro atoms. The minimum absolute atomic E-state index is 0.0176. The predicted octanol–water partition coefficient (Wildman–Crippen LogP) is -2.29. The number of fused-ring (bicyclic) bond motifs is 1. The zero-order chi connectivity index (χ0) is 16.7. The van der Waals surface area contributed by atoms with Crippen LogP contribution in [0.2, 0.25) is 0 Å². The number of imidazole rings is 1. The number of hydrogen-bond donors (Lipinski definition) is 4. The van der Waals surface area contributed by atoms with Crippen molar-refractivity contribution in [3.05, 3.63) is 20.8 Å². The van der Waals surface area contributed by atoms with E-state index in [2.05, 4.69) is 9.97 Å². The van der Waals surface area contributed by atoms with Crippen molar-refractivity contribution in [3.8, 4) is 0 Å². The van der Waals surface area contributed by atoms with Crippen molar-refractivity contribution in [3.63, 3.8) is 0 Å². The van der Waals surface area contributed by atoms with Crippen LogP contribution in [0.25, 0.3) is 11.2 Å². The van der Waals surface area contributed by atoms with Gasteiger partial charge in [-0.25, -0.2) is 9.36 Å². The van der Waals surface area contributed by atoms with Gasteiger partial charge in [0.2, 0.25) is 5.95 Å². The van der Waals surface area contributed by atoms with Crippen LogP contribution in [0.5, 0.6) is 0 Å². The predicted molar refractivity (Wildman–Crippen MR) is 77.7 cm³/mol. The number of rotatable bonds is 4. The van der Waals surface area contributed by atoms with E-state index in [0.717, 1.165) is 9.13 Å². The van der Waals surface area contributed by atoms with Crippen molar-refractivity contribution < 1.29 is 19.7 Å². The summed E-state index contributed by atoms with van der Waals surface area (Å²) in [5.74, 6) is -0.169. The summed E-state index contributed by atoms with van der Waals surface area (Å²) in [6, 6.07) is 0. The Labute approximate surface area is 128 Å². The molecule has 5 N–H and O–H groups in total. The van der Waals surface area contributed by atoms with E-state index < -0.39 is 29.7 Å². The maximum atomic E-state index is 12.6. The lowest BCUT2D eigenvalue weighted by molar-refractivity contribution is -0.0509. The molecule has 1 saturated heterocycles. The SMILES string of the molecule is COCn1c(=O)n(C2OC(CO)CC2O)c2nc(N)[nH]c(=O)c21. The molecule has 3 rings (SSSR count). The van der Waals surface area contributed by atoms with Crippen LogP contribution < -0.4 is 17.0 Å². The van der Waals surface area contributed by atoms with Gasteiger partial charge in [0.15, 0.2) is 17.4 Å². The molecule has 3 heterocycles. The van der Waals surface area contributed by atoms with Crippen LogP contribution in [0.4, 0.5) is 5.95 Å².